The number of nitrogens with zero attached hydrogens (tertiary/aromatic N) is 4. The van der Waals surface area contributed by atoms with Crippen LogP contribution in [0.4, 0.5) is 5.82 Å². The lowest BCUT2D eigenvalue weighted by atomic mass is 10.1. The summed E-state index contributed by atoms with van der Waals surface area (Å²) in [4.78, 5) is 13.5. The molecular weight excluding hydrogens is 292 g/mol. The van der Waals surface area contributed by atoms with Gasteiger partial charge >= 0.3 is 0 Å². The standard InChI is InChI=1S/C13H19BrN4/c14-12-8-13(16-10-15-12)18-7-4-11(9-18)17-5-2-1-3-6-17/h8,10-11H,1-7,9H2. The average Bonchev–Trinajstić information content (AvgIpc) is 2.89. The molecule has 5 heteroatoms. The Labute approximate surface area is 117 Å². The van der Waals surface area contributed by atoms with Crippen LogP contribution < -0.4 is 4.90 Å². The summed E-state index contributed by atoms with van der Waals surface area (Å²) in [5.74, 6) is 1.05. The van der Waals surface area contributed by atoms with E-state index in [4.69, 9.17) is 0 Å². The number of hydrogen-bond acceptors (Lipinski definition) is 4. The monoisotopic (exact) mass is 310 g/mol. The van der Waals surface area contributed by atoms with E-state index in [0.717, 1.165) is 29.6 Å². The van der Waals surface area contributed by atoms with Gasteiger partial charge in [0.2, 0.25) is 0 Å². The highest BCUT2D eigenvalue weighted by atomic mass is 79.9. The van der Waals surface area contributed by atoms with Crippen molar-refractivity contribution in [2.45, 2.75) is 31.7 Å². The van der Waals surface area contributed by atoms with Crippen molar-refractivity contribution in [2.75, 3.05) is 31.1 Å². The predicted octanol–water partition coefficient (Wildman–Crippen LogP) is 2.30. The molecule has 1 unspecified atom stereocenters. The van der Waals surface area contributed by atoms with Crippen LogP contribution in [-0.2, 0) is 0 Å². The second-order valence-electron chi connectivity index (χ2n) is 5.18. The highest BCUT2D eigenvalue weighted by Gasteiger charge is 2.29. The van der Waals surface area contributed by atoms with Crippen molar-refractivity contribution in [3.05, 3.63) is 17.0 Å². The normalized spacial score (nSPS) is 25.6. The van der Waals surface area contributed by atoms with E-state index >= 15 is 0 Å². The number of anilines is 1. The Kier molecular flexibility index (Phi) is 3.80. The molecule has 1 atom stereocenters. The molecule has 2 fully saturated rings. The maximum Gasteiger partial charge on any atom is 0.133 e. The van der Waals surface area contributed by atoms with Gasteiger partial charge in [0, 0.05) is 25.2 Å². The lowest BCUT2D eigenvalue weighted by Crippen LogP contribution is -2.40. The van der Waals surface area contributed by atoms with Crippen molar-refractivity contribution < 1.29 is 0 Å². The van der Waals surface area contributed by atoms with E-state index in [2.05, 4.69) is 35.7 Å². The van der Waals surface area contributed by atoms with Crippen molar-refractivity contribution in [3.8, 4) is 0 Å². The second kappa shape index (κ2) is 5.53. The quantitative estimate of drug-likeness (QED) is 0.785. The van der Waals surface area contributed by atoms with Gasteiger partial charge in [0.15, 0.2) is 0 Å². The minimum Gasteiger partial charge on any atom is -0.355 e. The molecule has 18 heavy (non-hydrogen) atoms. The molecule has 0 radical (unpaired) electrons. The zero-order valence-corrected chi connectivity index (χ0v) is 12.1. The first kappa shape index (κ1) is 12.4. The minimum absolute atomic E-state index is 0.721. The van der Waals surface area contributed by atoms with Crippen LogP contribution in [0.2, 0.25) is 0 Å². The second-order valence-corrected chi connectivity index (χ2v) is 6.00. The van der Waals surface area contributed by atoms with E-state index in [9.17, 15) is 0 Å². The Hall–Kier alpha value is -0.680. The molecule has 0 spiro atoms. The third-order valence-electron chi connectivity index (χ3n) is 4.01. The van der Waals surface area contributed by atoms with Crippen LogP contribution in [0.5, 0.6) is 0 Å². The lowest BCUT2D eigenvalue weighted by Gasteiger charge is -2.32. The third-order valence-corrected chi connectivity index (χ3v) is 4.45. The van der Waals surface area contributed by atoms with Crippen molar-refractivity contribution in [1.29, 1.82) is 0 Å². The molecule has 3 heterocycles. The molecule has 0 aromatic carbocycles. The first-order valence-electron chi connectivity index (χ1n) is 6.79. The predicted molar refractivity (Wildman–Crippen MR) is 75.8 cm³/mol. The molecule has 0 bridgehead atoms. The van der Waals surface area contributed by atoms with Crippen molar-refractivity contribution in [3.63, 3.8) is 0 Å². The summed E-state index contributed by atoms with van der Waals surface area (Å²) in [5.41, 5.74) is 0. The molecule has 2 aliphatic rings. The van der Waals surface area contributed by atoms with Crippen LogP contribution in [-0.4, -0.2) is 47.1 Å². The molecule has 0 saturated carbocycles. The van der Waals surface area contributed by atoms with Crippen LogP contribution in [0.15, 0.2) is 17.0 Å². The fourth-order valence-electron chi connectivity index (χ4n) is 3.03. The molecule has 0 aliphatic carbocycles. The van der Waals surface area contributed by atoms with Gasteiger partial charge in [-0.1, -0.05) is 6.42 Å². The maximum absolute atomic E-state index is 4.37. The smallest absolute Gasteiger partial charge is 0.133 e. The van der Waals surface area contributed by atoms with Gasteiger partial charge in [0.05, 0.1) is 0 Å². The van der Waals surface area contributed by atoms with Crippen LogP contribution in [0.3, 0.4) is 0 Å². The van der Waals surface area contributed by atoms with Crippen molar-refractivity contribution >= 4 is 21.7 Å². The van der Waals surface area contributed by atoms with Gasteiger partial charge in [-0.25, -0.2) is 9.97 Å². The molecule has 0 amide bonds. The van der Waals surface area contributed by atoms with Crippen LogP contribution in [0.1, 0.15) is 25.7 Å². The van der Waals surface area contributed by atoms with Crippen molar-refractivity contribution in [1.82, 2.24) is 14.9 Å². The fraction of sp³-hybridized carbons (Fsp3) is 0.692. The largest absolute Gasteiger partial charge is 0.355 e. The summed E-state index contributed by atoms with van der Waals surface area (Å²) in [7, 11) is 0. The number of aromatic nitrogens is 2. The maximum atomic E-state index is 4.37. The van der Waals surface area contributed by atoms with Gasteiger partial charge < -0.3 is 4.90 Å². The van der Waals surface area contributed by atoms with Crippen LogP contribution >= 0.6 is 15.9 Å². The molecule has 1 aromatic rings. The van der Waals surface area contributed by atoms with Crippen molar-refractivity contribution in [2.24, 2.45) is 0 Å². The highest BCUT2D eigenvalue weighted by Crippen LogP contribution is 2.24. The third kappa shape index (κ3) is 2.67. The molecule has 4 nitrogen and oxygen atoms in total. The number of halogens is 1. The van der Waals surface area contributed by atoms with Gasteiger partial charge in [-0.2, -0.15) is 0 Å². The Balaban J connectivity index is 1.64. The zero-order valence-electron chi connectivity index (χ0n) is 10.6. The van der Waals surface area contributed by atoms with Crippen LogP contribution in [0.25, 0.3) is 0 Å². The summed E-state index contributed by atoms with van der Waals surface area (Å²) in [6, 6.07) is 2.73. The van der Waals surface area contributed by atoms with E-state index in [1.54, 1.807) is 6.33 Å². The Bertz CT molecular complexity index is 406. The Morgan fingerprint density at radius 3 is 2.72 bits per heavy atom. The molecular formula is C13H19BrN4. The number of piperidine rings is 1. The Morgan fingerprint density at radius 2 is 1.94 bits per heavy atom. The molecule has 0 N–H and O–H groups in total. The van der Waals surface area contributed by atoms with Gasteiger partial charge in [-0.15, -0.1) is 0 Å². The van der Waals surface area contributed by atoms with Gasteiger partial charge in [-0.05, 0) is 48.3 Å². The molecule has 2 saturated heterocycles. The van der Waals surface area contributed by atoms with Gasteiger partial charge in [0.1, 0.15) is 16.7 Å². The van der Waals surface area contributed by atoms with Gasteiger partial charge in [0.25, 0.3) is 0 Å². The number of rotatable bonds is 2. The first-order chi connectivity index (χ1) is 8.83. The molecule has 2 aliphatic heterocycles. The van der Waals surface area contributed by atoms with E-state index in [1.807, 2.05) is 6.07 Å². The summed E-state index contributed by atoms with van der Waals surface area (Å²) in [6.45, 7) is 4.80. The number of likely N-dealkylation sites (tertiary alicyclic amines) is 1. The van der Waals surface area contributed by atoms with E-state index in [-0.39, 0.29) is 0 Å². The Morgan fingerprint density at radius 1 is 1.11 bits per heavy atom. The summed E-state index contributed by atoms with van der Waals surface area (Å²) >= 11 is 3.41. The lowest BCUT2D eigenvalue weighted by molar-refractivity contribution is 0.175. The zero-order chi connectivity index (χ0) is 12.4. The number of hydrogen-bond donors (Lipinski definition) is 0. The first-order valence-corrected chi connectivity index (χ1v) is 7.59. The molecule has 98 valence electrons. The minimum atomic E-state index is 0.721. The van der Waals surface area contributed by atoms with E-state index < -0.39 is 0 Å². The van der Waals surface area contributed by atoms with Gasteiger partial charge in [-0.3, -0.25) is 4.90 Å². The van der Waals surface area contributed by atoms with E-state index in [1.165, 1.54) is 38.8 Å². The van der Waals surface area contributed by atoms with Crippen LogP contribution in [0, 0.1) is 0 Å². The average molecular weight is 311 g/mol. The summed E-state index contributed by atoms with van der Waals surface area (Å²) in [5, 5.41) is 0. The summed E-state index contributed by atoms with van der Waals surface area (Å²) < 4.78 is 0.869. The van der Waals surface area contributed by atoms with E-state index in [0.29, 0.717) is 0 Å². The topological polar surface area (TPSA) is 32.3 Å². The highest BCUT2D eigenvalue weighted by molar-refractivity contribution is 9.10. The fourth-order valence-corrected chi connectivity index (χ4v) is 3.32. The summed E-state index contributed by atoms with van der Waals surface area (Å²) in [6.07, 6.45) is 7.05. The molecule has 1 aromatic heterocycles. The molecule has 3 rings (SSSR count). The SMILES string of the molecule is Brc1cc(N2CCC(N3CCCCC3)C2)ncn1.